The first-order valence-corrected chi connectivity index (χ1v) is 5.44. The molecule has 1 heterocycles. The maximum Gasteiger partial charge on any atom is 0.164 e. The van der Waals surface area contributed by atoms with Crippen LogP contribution in [0.3, 0.4) is 0 Å². The van der Waals surface area contributed by atoms with Crippen molar-refractivity contribution in [3.63, 3.8) is 0 Å². The Morgan fingerprint density at radius 3 is 3.00 bits per heavy atom. The van der Waals surface area contributed by atoms with Gasteiger partial charge in [-0.15, -0.1) is 0 Å². The Kier molecular flexibility index (Phi) is 3.51. The Balaban J connectivity index is 2.25. The molecule has 1 aromatic rings. The average molecular weight is 227 g/mol. The summed E-state index contributed by atoms with van der Waals surface area (Å²) >= 11 is 0. The molecule has 2 atom stereocenters. The molecule has 0 aliphatic carbocycles. The second kappa shape index (κ2) is 4.89. The first-order chi connectivity index (χ1) is 7.74. The van der Waals surface area contributed by atoms with E-state index in [2.05, 4.69) is 5.32 Å². The summed E-state index contributed by atoms with van der Waals surface area (Å²) in [7, 11) is 1.84. The van der Waals surface area contributed by atoms with E-state index in [0.29, 0.717) is 12.2 Å². The molecule has 0 saturated carbocycles. The number of nitrogens with one attached hydrogen (secondary N) is 1. The summed E-state index contributed by atoms with van der Waals surface area (Å²) < 4.78 is 32.2. The monoisotopic (exact) mass is 227 g/mol. The maximum atomic E-state index is 13.6. The van der Waals surface area contributed by atoms with Crippen LogP contribution in [0.5, 0.6) is 0 Å². The standard InChI is InChI=1S/C12H15F2NO/c1-15-7-8-5-6-16-12(8)9-3-2-4-10(13)11(9)14/h2-4,8,12,15H,5-7H2,1H3. The smallest absolute Gasteiger partial charge is 0.164 e. The number of halogens is 2. The van der Waals surface area contributed by atoms with Crippen molar-refractivity contribution in [1.29, 1.82) is 0 Å². The van der Waals surface area contributed by atoms with Crippen LogP contribution in [0.15, 0.2) is 18.2 Å². The number of hydrogen-bond acceptors (Lipinski definition) is 2. The first kappa shape index (κ1) is 11.5. The zero-order valence-corrected chi connectivity index (χ0v) is 9.17. The van der Waals surface area contributed by atoms with Crippen molar-refractivity contribution in [3.8, 4) is 0 Å². The van der Waals surface area contributed by atoms with Crippen LogP contribution in [0.2, 0.25) is 0 Å². The third kappa shape index (κ3) is 2.08. The van der Waals surface area contributed by atoms with Gasteiger partial charge in [0.2, 0.25) is 0 Å². The highest BCUT2D eigenvalue weighted by atomic mass is 19.2. The molecule has 0 amide bonds. The molecular weight excluding hydrogens is 212 g/mol. The van der Waals surface area contributed by atoms with E-state index in [1.165, 1.54) is 6.07 Å². The van der Waals surface area contributed by atoms with Gasteiger partial charge in [0.05, 0.1) is 6.10 Å². The van der Waals surface area contributed by atoms with Crippen LogP contribution in [-0.4, -0.2) is 20.2 Å². The zero-order chi connectivity index (χ0) is 11.5. The number of ether oxygens (including phenoxy) is 1. The van der Waals surface area contributed by atoms with Gasteiger partial charge in [0.25, 0.3) is 0 Å². The Bertz CT molecular complexity index is 370. The van der Waals surface area contributed by atoms with E-state index < -0.39 is 11.6 Å². The minimum atomic E-state index is -0.809. The second-order valence-electron chi connectivity index (χ2n) is 4.04. The van der Waals surface area contributed by atoms with Crippen molar-refractivity contribution in [3.05, 3.63) is 35.4 Å². The van der Waals surface area contributed by atoms with Crippen LogP contribution in [0.25, 0.3) is 0 Å². The Hall–Kier alpha value is -1.00. The van der Waals surface area contributed by atoms with Crippen molar-refractivity contribution in [2.45, 2.75) is 12.5 Å². The van der Waals surface area contributed by atoms with Crippen molar-refractivity contribution in [2.75, 3.05) is 20.2 Å². The predicted octanol–water partition coefficient (Wildman–Crippen LogP) is 2.26. The summed E-state index contributed by atoms with van der Waals surface area (Å²) in [6, 6.07) is 4.24. The van der Waals surface area contributed by atoms with E-state index in [0.717, 1.165) is 19.0 Å². The maximum absolute atomic E-state index is 13.6. The molecule has 1 N–H and O–H groups in total. The third-order valence-corrected chi connectivity index (χ3v) is 2.97. The summed E-state index contributed by atoms with van der Waals surface area (Å²) in [4.78, 5) is 0. The fourth-order valence-electron chi connectivity index (χ4n) is 2.19. The van der Waals surface area contributed by atoms with E-state index in [1.807, 2.05) is 7.05 Å². The van der Waals surface area contributed by atoms with E-state index in [1.54, 1.807) is 6.07 Å². The molecule has 2 unspecified atom stereocenters. The predicted molar refractivity (Wildman–Crippen MR) is 57.1 cm³/mol. The molecule has 0 spiro atoms. The van der Waals surface area contributed by atoms with Gasteiger partial charge in [0.15, 0.2) is 11.6 Å². The van der Waals surface area contributed by atoms with E-state index in [-0.39, 0.29) is 12.0 Å². The number of hydrogen-bond donors (Lipinski definition) is 1. The van der Waals surface area contributed by atoms with E-state index in [4.69, 9.17) is 4.74 Å². The fraction of sp³-hybridized carbons (Fsp3) is 0.500. The molecule has 2 rings (SSSR count). The molecule has 1 aromatic carbocycles. The summed E-state index contributed by atoms with van der Waals surface area (Å²) in [6.07, 6.45) is 0.546. The highest BCUT2D eigenvalue weighted by Gasteiger charge is 2.31. The van der Waals surface area contributed by atoms with Gasteiger partial charge >= 0.3 is 0 Å². The summed E-state index contributed by atoms with van der Waals surface area (Å²) in [5.41, 5.74) is 0.331. The SMILES string of the molecule is CNCC1CCOC1c1cccc(F)c1F. The number of rotatable bonds is 3. The van der Waals surface area contributed by atoms with E-state index >= 15 is 0 Å². The quantitative estimate of drug-likeness (QED) is 0.855. The molecule has 4 heteroatoms. The minimum Gasteiger partial charge on any atom is -0.373 e. The third-order valence-electron chi connectivity index (χ3n) is 2.97. The Labute approximate surface area is 93.6 Å². The molecule has 1 aliphatic heterocycles. The fourth-order valence-corrected chi connectivity index (χ4v) is 2.19. The van der Waals surface area contributed by atoms with Gasteiger partial charge in [-0.1, -0.05) is 12.1 Å². The number of benzene rings is 1. The second-order valence-corrected chi connectivity index (χ2v) is 4.04. The summed E-state index contributed by atoms with van der Waals surface area (Å²) in [6.45, 7) is 1.35. The van der Waals surface area contributed by atoms with Crippen molar-refractivity contribution >= 4 is 0 Å². The van der Waals surface area contributed by atoms with Gasteiger partial charge in [0.1, 0.15) is 0 Å². The molecule has 1 aliphatic rings. The molecule has 0 aromatic heterocycles. The van der Waals surface area contributed by atoms with Crippen molar-refractivity contribution < 1.29 is 13.5 Å². The minimum absolute atomic E-state index is 0.210. The lowest BCUT2D eigenvalue weighted by atomic mass is 9.95. The molecule has 88 valence electrons. The van der Waals surface area contributed by atoms with Crippen LogP contribution in [0.4, 0.5) is 8.78 Å². The van der Waals surface area contributed by atoms with Gasteiger partial charge < -0.3 is 10.1 Å². The average Bonchev–Trinajstić information content (AvgIpc) is 2.71. The van der Waals surface area contributed by atoms with Crippen LogP contribution in [-0.2, 0) is 4.74 Å². The molecule has 1 saturated heterocycles. The molecule has 2 nitrogen and oxygen atoms in total. The van der Waals surface area contributed by atoms with Gasteiger partial charge in [-0.2, -0.15) is 0 Å². The highest BCUT2D eigenvalue weighted by Crippen LogP contribution is 2.35. The topological polar surface area (TPSA) is 21.3 Å². The van der Waals surface area contributed by atoms with Crippen LogP contribution in [0, 0.1) is 17.6 Å². The molecular formula is C12H15F2NO. The van der Waals surface area contributed by atoms with Crippen molar-refractivity contribution in [2.24, 2.45) is 5.92 Å². The van der Waals surface area contributed by atoms with Gasteiger partial charge in [-0.05, 0) is 19.5 Å². The summed E-state index contributed by atoms with van der Waals surface area (Å²) in [5, 5.41) is 3.05. The Morgan fingerprint density at radius 2 is 2.25 bits per heavy atom. The van der Waals surface area contributed by atoms with Crippen LogP contribution in [0.1, 0.15) is 18.1 Å². The first-order valence-electron chi connectivity index (χ1n) is 5.44. The van der Waals surface area contributed by atoms with Gasteiger partial charge in [-0.3, -0.25) is 0 Å². The van der Waals surface area contributed by atoms with Crippen LogP contribution >= 0.6 is 0 Å². The van der Waals surface area contributed by atoms with Crippen LogP contribution < -0.4 is 5.32 Å². The van der Waals surface area contributed by atoms with Gasteiger partial charge in [0, 0.05) is 24.6 Å². The molecule has 1 fully saturated rings. The van der Waals surface area contributed by atoms with Gasteiger partial charge in [-0.25, -0.2) is 8.78 Å². The molecule has 0 bridgehead atoms. The van der Waals surface area contributed by atoms with E-state index in [9.17, 15) is 8.78 Å². The van der Waals surface area contributed by atoms with Crippen molar-refractivity contribution in [1.82, 2.24) is 5.32 Å². The Morgan fingerprint density at radius 1 is 1.44 bits per heavy atom. The normalized spacial score (nSPS) is 24.9. The lowest BCUT2D eigenvalue weighted by Gasteiger charge is -2.19. The molecule has 0 radical (unpaired) electrons. The molecule has 16 heavy (non-hydrogen) atoms. The summed E-state index contributed by atoms with van der Waals surface area (Å²) in [5.74, 6) is -1.38. The lowest BCUT2D eigenvalue weighted by Crippen LogP contribution is -2.22. The zero-order valence-electron chi connectivity index (χ0n) is 9.17. The largest absolute Gasteiger partial charge is 0.373 e. The highest BCUT2D eigenvalue weighted by molar-refractivity contribution is 5.22. The lowest BCUT2D eigenvalue weighted by molar-refractivity contribution is 0.0873.